The standard InChI is InChI=1S/C31H47N3O9/c1-2-3-4-5-6-7-14-39-16-18-41-20-22-43-23-21-42-19-17-40-15-13-32-25-10-8-9-24-28(25)31(38)34(30(24)37)26-11-12-27(35)33-29(26)36/h8-10,26,32H,2-7,11-23H2,1H3,(H,33,35,36). The van der Waals surface area contributed by atoms with E-state index in [1.807, 2.05) is 0 Å². The van der Waals surface area contributed by atoms with Crippen molar-refractivity contribution in [2.75, 3.05) is 77.9 Å². The number of piperidine rings is 1. The summed E-state index contributed by atoms with van der Waals surface area (Å²) in [6.07, 6.45) is 7.75. The van der Waals surface area contributed by atoms with Crippen LogP contribution < -0.4 is 10.6 Å². The Morgan fingerprint density at radius 2 is 1.33 bits per heavy atom. The minimum atomic E-state index is -0.996. The summed E-state index contributed by atoms with van der Waals surface area (Å²) in [5.74, 6) is -2.12. The number of carbonyl (C=O) groups is 4. The molecule has 1 aromatic rings. The van der Waals surface area contributed by atoms with Crippen molar-refractivity contribution >= 4 is 29.3 Å². The Morgan fingerprint density at radius 1 is 0.744 bits per heavy atom. The van der Waals surface area contributed by atoms with E-state index in [-0.39, 0.29) is 24.0 Å². The largest absolute Gasteiger partial charge is 0.382 e. The molecule has 2 aliphatic heterocycles. The number of carbonyl (C=O) groups excluding carboxylic acids is 4. The van der Waals surface area contributed by atoms with Crippen molar-refractivity contribution in [3.05, 3.63) is 29.3 Å². The van der Waals surface area contributed by atoms with Gasteiger partial charge in [-0.05, 0) is 25.0 Å². The first-order chi connectivity index (χ1) is 21.0. The molecule has 0 aromatic heterocycles. The first-order valence-corrected chi connectivity index (χ1v) is 15.5. The molecule has 4 amide bonds. The lowest BCUT2D eigenvalue weighted by Gasteiger charge is -2.27. The zero-order chi connectivity index (χ0) is 30.7. The van der Waals surface area contributed by atoms with Crippen molar-refractivity contribution in [1.82, 2.24) is 10.2 Å². The summed E-state index contributed by atoms with van der Waals surface area (Å²) < 4.78 is 27.7. The lowest BCUT2D eigenvalue weighted by molar-refractivity contribution is -0.136. The smallest absolute Gasteiger partial charge is 0.264 e. The van der Waals surface area contributed by atoms with E-state index < -0.39 is 29.7 Å². The van der Waals surface area contributed by atoms with E-state index in [0.29, 0.717) is 71.7 Å². The Hall–Kier alpha value is -2.90. The van der Waals surface area contributed by atoms with Gasteiger partial charge in [-0.15, -0.1) is 0 Å². The first kappa shape index (κ1) is 34.6. The van der Waals surface area contributed by atoms with E-state index in [2.05, 4.69) is 17.6 Å². The number of hydrogen-bond donors (Lipinski definition) is 2. The van der Waals surface area contributed by atoms with Gasteiger partial charge >= 0.3 is 0 Å². The van der Waals surface area contributed by atoms with Crippen molar-refractivity contribution in [3.63, 3.8) is 0 Å². The zero-order valence-corrected chi connectivity index (χ0v) is 25.4. The maximum Gasteiger partial charge on any atom is 0.264 e. The van der Waals surface area contributed by atoms with E-state index in [1.165, 1.54) is 32.1 Å². The lowest BCUT2D eigenvalue weighted by atomic mass is 10.0. The van der Waals surface area contributed by atoms with Crippen LogP contribution in [0.2, 0.25) is 0 Å². The molecular weight excluding hydrogens is 558 g/mol. The van der Waals surface area contributed by atoms with Crippen LogP contribution in [0.1, 0.15) is 79.0 Å². The molecule has 1 saturated heterocycles. The predicted molar refractivity (Wildman–Crippen MR) is 159 cm³/mol. The molecule has 1 aromatic carbocycles. The Labute approximate surface area is 254 Å². The third-order valence-corrected chi connectivity index (χ3v) is 7.16. The third kappa shape index (κ3) is 11.6. The van der Waals surface area contributed by atoms with Crippen LogP contribution in [-0.4, -0.2) is 107 Å². The second-order valence-electron chi connectivity index (χ2n) is 10.4. The van der Waals surface area contributed by atoms with Crippen LogP contribution in [0.3, 0.4) is 0 Å². The second-order valence-corrected chi connectivity index (χ2v) is 10.4. The third-order valence-electron chi connectivity index (χ3n) is 7.16. The monoisotopic (exact) mass is 605 g/mol. The number of imide groups is 2. The Bertz CT molecular complexity index is 1040. The number of benzene rings is 1. The fourth-order valence-corrected chi connectivity index (χ4v) is 4.89. The average molecular weight is 606 g/mol. The van der Waals surface area contributed by atoms with Crippen molar-refractivity contribution in [2.45, 2.75) is 64.3 Å². The van der Waals surface area contributed by atoms with E-state index in [1.54, 1.807) is 18.2 Å². The summed E-state index contributed by atoms with van der Waals surface area (Å²) in [6, 6.07) is 3.95. The molecule has 12 nitrogen and oxygen atoms in total. The highest BCUT2D eigenvalue weighted by molar-refractivity contribution is 6.25. The summed E-state index contributed by atoms with van der Waals surface area (Å²) in [4.78, 5) is 50.7. The molecule has 2 N–H and O–H groups in total. The summed E-state index contributed by atoms with van der Waals surface area (Å²) >= 11 is 0. The molecule has 43 heavy (non-hydrogen) atoms. The summed E-state index contributed by atoms with van der Waals surface area (Å²) in [5.41, 5.74) is 0.950. The molecule has 1 fully saturated rings. The van der Waals surface area contributed by atoms with E-state index >= 15 is 0 Å². The highest BCUT2D eigenvalue weighted by Gasteiger charge is 2.45. The van der Waals surface area contributed by atoms with Crippen LogP contribution >= 0.6 is 0 Å². The predicted octanol–water partition coefficient (Wildman–Crippen LogP) is 2.94. The SMILES string of the molecule is CCCCCCCCOCCOCCOCCOCCOCCNc1cccc2c1C(=O)N(C1CCC(=O)NC1=O)C2=O. The molecule has 12 heteroatoms. The molecule has 0 bridgehead atoms. The Kier molecular flexibility index (Phi) is 16.2. The van der Waals surface area contributed by atoms with Crippen LogP contribution in [0.25, 0.3) is 0 Å². The molecule has 1 unspecified atom stereocenters. The van der Waals surface area contributed by atoms with Crippen molar-refractivity contribution < 1.29 is 42.9 Å². The number of nitrogens with zero attached hydrogens (tertiary/aromatic N) is 1. The summed E-state index contributed by atoms with van der Waals surface area (Å²) in [6.45, 7) is 7.76. The topological polar surface area (TPSA) is 142 Å². The van der Waals surface area contributed by atoms with Gasteiger partial charge in [-0.25, -0.2) is 0 Å². The van der Waals surface area contributed by atoms with Crippen LogP contribution in [0.5, 0.6) is 0 Å². The molecule has 0 aliphatic carbocycles. The van der Waals surface area contributed by atoms with E-state index in [0.717, 1.165) is 17.9 Å². The molecule has 1 atom stereocenters. The number of fused-ring (bicyclic) bond motifs is 1. The van der Waals surface area contributed by atoms with Gasteiger partial charge in [0.1, 0.15) is 6.04 Å². The first-order valence-electron chi connectivity index (χ1n) is 15.5. The van der Waals surface area contributed by atoms with Gasteiger partial charge in [-0.2, -0.15) is 0 Å². The van der Waals surface area contributed by atoms with Gasteiger partial charge in [0, 0.05) is 25.3 Å². The minimum Gasteiger partial charge on any atom is -0.382 e. The normalized spacial score (nSPS) is 16.6. The van der Waals surface area contributed by atoms with Crippen LogP contribution in [0.15, 0.2) is 18.2 Å². The fourth-order valence-electron chi connectivity index (χ4n) is 4.89. The second kappa shape index (κ2) is 20.1. The van der Waals surface area contributed by atoms with Crippen LogP contribution in [0, 0.1) is 0 Å². The van der Waals surface area contributed by atoms with Gasteiger partial charge in [0.15, 0.2) is 0 Å². The van der Waals surface area contributed by atoms with Crippen molar-refractivity contribution in [3.8, 4) is 0 Å². The number of amides is 4. The number of ether oxygens (including phenoxy) is 5. The molecule has 240 valence electrons. The number of unbranched alkanes of at least 4 members (excludes halogenated alkanes) is 5. The maximum atomic E-state index is 13.1. The molecule has 0 spiro atoms. The Balaban J connectivity index is 1.16. The number of nitrogens with one attached hydrogen (secondary N) is 2. The Morgan fingerprint density at radius 3 is 1.95 bits per heavy atom. The quantitative estimate of drug-likeness (QED) is 0.133. The van der Waals surface area contributed by atoms with Gasteiger partial charge in [0.2, 0.25) is 11.8 Å². The number of rotatable bonds is 24. The average Bonchev–Trinajstić information content (AvgIpc) is 3.25. The lowest BCUT2D eigenvalue weighted by Crippen LogP contribution is -2.54. The molecule has 0 radical (unpaired) electrons. The van der Waals surface area contributed by atoms with Crippen molar-refractivity contribution in [1.29, 1.82) is 0 Å². The maximum absolute atomic E-state index is 13.1. The van der Waals surface area contributed by atoms with Crippen LogP contribution in [0.4, 0.5) is 5.69 Å². The van der Waals surface area contributed by atoms with Gasteiger partial charge in [0.05, 0.1) is 70.6 Å². The minimum absolute atomic E-state index is 0.0770. The highest BCUT2D eigenvalue weighted by atomic mass is 16.6. The van der Waals surface area contributed by atoms with Crippen LogP contribution in [-0.2, 0) is 33.3 Å². The fraction of sp³-hybridized carbons (Fsp3) is 0.677. The molecular formula is C31H47N3O9. The van der Waals surface area contributed by atoms with Gasteiger partial charge in [0.25, 0.3) is 11.8 Å². The number of anilines is 1. The van der Waals surface area contributed by atoms with Gasteiger partial charge in [-0.3, -0.25) is 29.4 Å². The van der Waals surface area contributed by atoms with E-state index in [4.69, 9.17) is 23.7 Å². The molecule has 0 saturated carbocycles. The number of hydrogen-bond acceptors (Lipinski definition) is 10. The summed E-state index contributed by atoms with van der Waals surface area (Å²) in [5, 5.41) is 5.34. The van der Waals surface area contributed by atoms with Gasteiger partial charge < -0.3 is 29.0 Å². The van der Waals surface area contributed by atoms with Gasteiger partial charge in [-0.1, -0.05) is 45.1 Å². The van der Waals surface area contributed by atoms with E-state index in [9.17, 15) is 19.2 Å². The van der Waals surface area contributed by atoms with Crippen molar-refractivity contribution in [2.24, 2.45) is 0 Å². The summed E-state index contributed by atoms with van der Waals surface area (Å²) in [7, 11) is 0. The molecule has 3 rings (SSSR count). The molecule has 2 heterocycles. The molecule has 2 aliphatic rings. The zero-order valence-electron chi connectivity index (χ0n) is 25.4. The highest BCUT2D eigenvalue weighted by Crippen LogP contribution is 2.32.